The Morgan fingerprint density at radius 1 is 1.15 bits per heavy atom. The van der Waals surface area contributed by atoms with E-state index in [1.807, 2.05) is 6.07 Å². The van der Waals surface area contributed by atoms with Crippen molar-refractivity contribution in [3.8, 4) is 5.69 Å². The van der Waals surface area contributed by atoms with Crippen LogP contribution in [0.1, 0.15) is 40.0 Å². The number of benzene rings is 2. The molecule has 0 unspecified atom stereocenters. The monoisotopic (exact) mass is 476 g/mol. The number of piperidine rings is 1. The number of nitrogens with zero attached hydrogens (tertiary/aromatic N) is 3. The Labute approximate surface area is 195 Å². The van der Waals surface area contributed by atoms with Gasteiger partial charge in [0, 0.05) is 30.7 Å². The molecule has 174 valence electrons. The van der Waals surface area contributed by atoms with Crippen molar-refractivity contribution in [2.45, 2.75) is 38.5 Å². The van der Waals surface area contributed by atoms with Crippen LogP contribution in [0.4, 0.5) is 13.2 Å². The van der Waals surface area contributed by atoms with E-state index in [9.17, 15) is 18.0 Å². The van der Waals surface area contributed by atoms with E-state index in [4.69, 9.17) is 11.6 Å². The third-order valence-corrected chi connectivity index (χ3v) is 5.98. The van der Waals surface area contributed by atoms with Crippen molar-refractivity contribution < 1.29 is 18.0 Å². The molecule has 1 aromatic heterocycles. The van der Waals surface area contributed by atoms with Crippen LogP contribution in [0.3, 0.4) is 0 Å². The van der Waals surface area contributed by atoms with Crippen LogP contribution in [-0.4, -0.2) is 39.7 Å². The van der Waals surface area contributed by atoms with E-state index in [1.54, 1.807) is 6.07 Å². The number of carbonyl (C=O) groups excluding carboxylic acids is 1. The fraction of sp³-hybridized carbons (Fsp3) is 0.333. The maximum absolute atomic E-state index is 13.9. The van der Waals surface area contributed by atoms with Gasteiger partial charge in [-0.1, -0.05) is 47.5 Å². The number of rotatable bonds is 5. The zero-order valence-corrected chi connectivity index (χ0v) is 18.8. The molecule has 1 aliphatic rings. The highest BCUT2D eigenvalue weighted by Gasteiger charge is 2.41. The predicted octanol–water partition coefficient (Wildman–Crippen LogP) is 5.25. The number of carbonyl (C=O) groups is 1. The minimum atomic E-state index is -4.76. The van der Waals surface area contributed by atoms with Crippen molar-refractivity contribution in [3.05, 3.63) is 82.1 Å². The van der Waals surface area contributed by atoms with Crippen LogP contribution in [0.2, 0.25) is 5.02 Å². The van der Waals surface area contributed by atoms with Gasteiger partial charge in [0.2, 0.25) is 0 Å². The maximum Gasteiger partial charge on any atom is 0.434 e. The summed E-state index contributed by atoms with van der Waals surface area (Å²) in [6, 6.07) is 14.0. The highest BCUT2D eigenvalue weighted by Crippen LogP contribution is 2.34. The second-order valence-corrected chi connectivity index (χ2v) is 8.75. The first-order valence-electron chi connectivity index (χ1n) is 10.7. The molecule has 3 aromatic rings. The molecule has 0 bridgehead atoms. The predicted molar refractivity (Wildman–Crippen MR) is 121 cm³/mol. The van der Waals surface area contributed by atoms with Crippen molar-refractivity contribution >= 4 is 17.5 Å². The van der Waals surface area contributed by atoms with E-state index >= 15 is 0 Å². The van der Waals surface area contributed by atoms with Crippen LogP contribution in [-0.2, 0) is 12.7 Å². The zero-order valence-electron chi connectivity index (χ0n) is 18.1. The molecule has 1 fully saturated rings. The fourth-order valence-corrected chi connectivity index (χ4v) is 4.34. The van der Waals surface area contributed by atoms with Gasteiger partial charge in [-0.15, -0.1) is 0 Å². The minimum Gasteiger partial charge on any atom is -0.349 e. The number of likely N-dealkylation sites (tertiary alicyclic amines) is 1. The van der Waals surface area contributed by atoms with E-state index in [-0.39, 0.29) is 16.8 Å². The fourth-order valence-electron chi connectivity index (χ4n) is 4.16. The van der Waals surface area contributed by atoms with E-state index in [1.165, 1.54) is 29.3 Å². The molecule has 2 heterocycles. The molecular weight excluding hydrogens is 453 g/mol. The summed E-state index contributed by atoms with van der Waals surface area (Å²) in [5.41, 5.74) is 0.955. The van der Waals surface area contributed by atoms with Crippen molar-refractivity contribution in [3.63, 3.8) is 0 Å². The van der Waals surface area contributed by atoms with Crippen molar-refractivity contribution in [2.75, 3.05) is 13.1 Å². The number of hydrogen-bond acceptors (Lipinski definition) is 3. The smallest absolute Gasteiger partial charge is 0.349 e. The van der Waals surface area contributed by atoms with Gasteiger partial charge in [-0.2, -0.15) is 18.3 Å². The first-order valence-corrected chi connectivity index (χ1v) is 11.1. The molecule has 2 aromatic carbocycles. The van der Waals surface area contributed by atoms with Gasteiger partial charge in [0.15, 0.2) is 5.69 Å². The summed E-state index contributed by atoms with van der Waals surface area (Å²) < 4.78 is 42.3. The third kappa shape index (κ3) is 5.57. The SMILES string of the molecule is Cc1cccc(CN2CCC(NC(=O)c3cnn(-c4cccc(Cl)c4)c3C(F)(F)F)CC2)c1. The number of alkyl halides is 3. The molecule has 0 radical (unpaired) electrons. The molecule has 1 saturated heterocycles. The molecule has 1 N–H and O–H groups in total. The molecule has 0 spiro atoms. The number of amides is 1. The first kappa shape index (κ1) is 23.3. The number of halogens is 4. The van der Waals surface area contributed by atoms with Gasteiger partial charge in [0.1, 0.15) is 0 Å². The van der Waals surface area contributed by atoms with Crippen LogP contribution < -0.4 is 5.32 Å². The van der Waals surface area contributed by atoms with Crippen LogP contribution in [0, 0.1) is 6.92 Å². The lowest BCUT2D eigenvalue weighted by molar-refractivity contribution is -0.143. The largest absolute Gasteiger partial charge is 0.434 e. The maximum atomic E-state index is 13.9. The molecule has 1 aliphatic heterocycles. The number of hydrogen-bond donors (Lipinski definition) is 1. The van der Waals surface area contributed by atoms with E-state index < -0.39 is 23.3 Å². The Hall–Kier alpha value is -2.84. The standard InChI is InChI=1S/C24H24ClF3N4O/c1-16-4-2-5-17(12-16)15-31-10-8-19(9-11-31)30-23(33)21-14-29-32(22(21)24(26,27)28)20-7-3-6-18(25)13-20/h2-7,12-14,19H,8-11,15H2,1H3,(H,30,33). The van der Waals surface area contributed by atoms with Crippen molar-refractivity contribution in [1.29, 1.82) is 0 Å². The topological polar surface area (TPSA) is 50.2 Å². The first-order chi connectivity index (χ1) is 15.7. The molecule has 0 saturated carbocycles. The van der Waals surface area contributed by atoms with Crippen molar-refractivity contribution in [1.82, 2.24) is 20.0 Å². The molecule has 0 atom stereocenters. The summed E-state index contributed by atoms with van der Waals surface area (Å²) in [6.45, 7) is 4.38. The second-order valence-electron chi connectivity index (χ2n) is 8.31. The lowest BCUT2D eigenvalue weighted by Gasteiger charge is -2.32. The molecule has 33 heavy (non-hydrogen) atoms. The lowest BCUT2D eigenvalue weighted by atomic mass is 10.0. The Bertz CT molecular complexity index is 1140. The second kappa shape index (κ2) is 9.57. The Morgan fingerprint density at radius 2 is 1.88 bits per heavy atom. The normalized spacial score (nSPS) is 15.5. The van der Waals surface area contributed by atoms with Crippen LogP contribution in [0.25, 0.3) is 5.69 Å². The molecule has 9 heteroatoms. The summed E-state index contributed by atoms with van der Waals surface area (Å²) in [7, 11) is 0. The quantitative estimate of drug-likeness (QED) is 0.547. The highest BCUT2D eigenvalue weighted by atomic mass is 35.5. The lowest BCUT2D eigenvalue weighted by Crippen LogP contribution is -2.44. The molecule has 5 nitrogen and oxygen atoms in total. The zero-order chi connectivity index (χ0) is 23.6. The molecular formula is C24H24ClF3N4O. The van der Waals surface area contributed by atoms with Crippen LogP contribution in [0.5, 0.6) is 0 Å². The van der Waals surface area contributed by atoms with E-state index in [0.717, 1.165) is 25.8 Å². The summed E-state index contributed by atoms with van der Waals surface area (Å²) in [5.74, 6) is -0.771. The Morgan fingerprint density at radius 3 is 2.55 bits per heavy atom. The Kier molecular flexibility index (Phi) is 6.76. The van der Waals surface area contributed by atoms with Gasteiger partial charge < -0.3 is 5.32 Å². The minimum absolute atomic E-state index is 0.137. The summed E-state index contributed by atoms with van der Waals surface area (Å²) in [6.07, 6.45) is -2.46. The summed E-state index contributed by atoms with van der Waals surface area (Å²) >= 11 is 5.92. The van der Waals surface area contributed by atoms with E-state index in [0.29, 0.717) is 17.5 Å². The molecule has 4 rings (SSSR count). The number of aromatic nitrogens is 2. The van der Waals surface area contributed by atoms with Gasteiger partial charge in [0.05, 0.1) is 17.4 Å². The highest BCUT2D eigenvalue weighted by molar-refractivity contribution is 6.30. The van der Waals surface area contributed by atoms with Gasteiger partial charge in [0.25, 0.3) is 5.91 Å². The van der Waals surface area contributed by atoms with Crippen LogP contribution in [0.15, 0.2) is 54.7 Å². The van der Waals surface area contributed by atoms with Crippen molar-refractivity contribution in [2.24, 2.45) is 0 Å². The van der Waals surface area contributed by atoms with Gasteiger partial charge in [-0.3, -0.25) is 9.69 Å². The van der Waals surface area contributed by atoms with Gasteiger partial charge in [-0.25, -0.2) is 4.68 Å². The van der Waals surface area contributed by atoms with Crippen LogP contribution >= 0.6 is 11.6 Å². The molecule has 0 aliphatic carbocycles. The molecule has 1 amide bonds. The van der Waals surface area contributed by atoms with Gasteiger partial charge in [-0.05, 0) is 43.5 Å². The van der Waals surface area contributed by atoms with Gasteiger partial charge >= 0.3 is 6.18 Å². The summed E-state index contributed by atoms with van der Waals surface area (Å²) in [5, 5.41) is 6.89. The number of nitrogens with one attached hydrogen (secondary N) is 1. The van der Waals surface area contributed by atoms with E-state index in [2.05, 4.69) is 40.4 Å². The number of aryl methyl sites for hydroxylation is 1. The average molecular weight is 477 g/mol. The Balaban J connectivity index is 1.44. The average Bonchev–Trinajstić information content (AvgIpc) is 3.21. The summed E-state index contributed by atoms with van der Waals surface area (Å²) in [4.78, 5) is 15.1. The third-order valence-electron chi connectivity index (χ3n) is 5.75.